The zero-order valence-electron chi connectivity index (χ0n) is 18.7. The minimum Gasteiger partial charge on any atom is -0.325 e. The van der Waals surface area contributed by atoms with Crippen LogP contribution in [0, 0.1) is 13.8 Å². The van der Waals surface area contributed by atoms with Gasteiger partial charge in [-0.05, 0) is 61.4 Å². The molecule has 0 aromatic heterocycles. The lowest BCUT2D eigenvalue weighted by Gasteiger charge is -2.33. The number of aryl methyl sites for hydroxylation is 2. The van der Waals surface area contributed by atoms with E-state index in [4.69, 9.17) is 11.6 Å². The molecule has 0 unspecified atom stereocenters. The minimum atomic E-state index is -1.28. The van der Waals surface area contributed by atoms with Crippen LogP contribution >= 0.6 is 23.4 Å². The Morgan fingerprint density at radius 2 is 1.82 bits per heavy atom. The second-order valence-corrected chi connectivity index (χ2v) is 10.0. The number of halogens is 1. The normalized spacial score (nSPS) is 19.1. The Balaban J connectivity index is 1.50. The first kappa shape index (κ1) is 22.5. The number of thioether (sulfide) groups is 1. The molecule has 3 amide bonds. The molecule has 5 rings (SSSR count). The van der Waals surface area contributed by atoms with Gasteiger partial charge in [0.25, 0.3) is 5.91 Å². The van der Waals surface area contributed by atoms with Gasteiger partial charge < -0.3 is 5.32 Å². The molecule has 2 aliphatic rings. The maximum atomic E-state index is 14.0. The van der Waals surface area contributed by atoms with Crippen LogP contribution in [0.3, 0.4) is 0 Å². The van der Waals surface area contributed by atoms with Crippen LogP contribution in [0.5, 0.6) is 0 Å². The summed E-state index contributed by atoms with van der Waals surface area (Å²) in [5.74, 6) is -0.668. The molecule has 1 saturated heterocycles. The van der Waals surface area contributed by atoms with Gasteiger partial charge in [-0.3, -0.25) is 24.2 Å². The van der Waals surface area contributed by atoms with Crippen molar-refractivity contribution < 1.29 is 14.4 Å². The van der Waals surface area contributed by atoms with Crippen LogP contribution in [0.1, 0.15) is 16.7 Å². The molecule has 1 spiro atoms. The number of nitrogens with zero attached hydrogens (tertiary/aromatic N) is 2. The van der Waals surface area contributed by atoms with E-state index in [1.54, 1.807) is 24.3 Å². The predicted octanol–water partition coefficient (Wildman–Crippen LogP) is 4.87. The van der Waals surface area contributed by atoms with Gasteiger partial charge in [0.2, 0.25) is 16.7 Å². The summed E-state index contributed by atoms with van der Waals surface area (Å²) in [4.78, 5) is 41.7. The van der Waals surface area contributed by atoms with Crippen LogP contribution in [0.15, 0.2) is 66.7 Å². The van der Waals surface area contributed by atoms with Crippen LogP contribution in [0.4, 0.5) is 17.1 Å². The number of hydrogen-bond acceptors (Lipinski definition) is 4. The summed E-state index contributed by atoms with van der Waals surface area (Å²) in [6, 6.07) is 19.9. The van der Waals surface area contributed by atoms with Crippen LogP contribution in [0.25, 0.3) is 0 Å². The largest absolute Gasteiger partial charge is 0.325 e. The molecule has 34 heavy (non-hydrogen) atoms. The number of carbonyl (C=O) groups is 3. The Morgan fingerprint density at radius 3 is 2.59 bits per heavy atom. The second-order valence-electron chi connectivity index (χ2n) is 8.40. The van der Waals surface area contributed by atoms with E-state index in [-0.39, 0.29) is 30.0 Å². The molecule has 6 nitrogen and oxygen atoms in total. The van der Waals surface area contributed by atoms with E-state index >= 15 is 0 Å². The molecule has 0 saturated carbocycles. The van der Waals surface area contributed by atoms with E-state index < -0.39 is 4.87 Å². The minimum absolute atomic E-state index is 0.148. The van der Waals surface area contributed by atoms with Gasteiger partial charge >= 0.3 is 0 Å². The number of fused-ring (bicyclic) bond motifs is 2. The fourth-order valence-electron chi connectivity index (χ4n) is 4.49. The molecule has 172 valence electrons. The molecule has 1 atom stereocenters. The molecule has 1 N–H and O–H groups in total. The van der Waals surface area contributed by atoms with E-state index in [0.717, 1.165) is 11.1 Å². The van der Waals surface area contributed by atoms with E-state index in [1.165, 1.54) is 21.6 Å². The first-order valence-corrected chi connectivity index (χ1v) is 12.2. The topological polar surface area (TPSA) is 69.7 Å². The van der Waals surface area contributed by atoms with Gasteiger partial charge in [-0.1, -0.05) is 41.9 Å². The number of anilines is 3. The Bertz CT molecular complexity index is 1340. The number of carbonyl (C=O) groups excluding carboxylic acids is 3. The lowest BCUT2D eigenvalue weighted by Crippen LogP contribution is -2.50. The molecule has 0 aliphatic carbocycles. The van der Waals surface area contributed by atoms with Crippen molar-refractivity contribution in [3.63, 3.8) is 0 Å². The summed E-state index contributed by atoms with van der Waals surface area (Å²) in [7, 11) is 0. The summed E-state index contributed by atoms with van der Waals surface area (Å²) in [5, 5.41) is 3.36. The summed E-state index contributed by atoms with van der Waals surface area (Å²) in [5.41, 5.74) is 4.73. The molecule has 3 aromatic rings. The van der Waals surface area contributed by atoms with E-state index in [2.05, 4.69) is 5.32 Å². The SMILES string of the molecule is Cc1ccc(NC(=O)CN2C(=O)[C@@]3(SCC(=O)N3c3cccc(Cl)c3)c3ccccc32)cc1C. The van der Waals surface area contributed by atoms with E-state index in [1.807, 2.05) is 56.3 Å². The summed E-state index contributed by atoms with van der Waals surface area (Å²) in [6.45, 7) is 3.82. The highest BCUT2D eigenvalue weighted by Gasteiger charge is 2.61. The number of rotatable bonds is 4. The van der Waals surface area contributed by atoms with Gasteiger partial charge in [0, 0.05) is 22.0 Å². The quantitative estimate of drug-likeness (QED) is 0.565. The highest BCUT2D eigenvalue weighted by atomic mass is 35.5. The van der Waals surface area contributed by atoms with Crippen molar-refractivity contribution in [1.29, 1.82) is 0 Å². The van der Waals surface area contributed by atoms with Gasteiger partial charge in [-0.25, -0.2) is 0 Å². The number of amides is 3. The fourth-order valence-corrected chi connectivity index (χ4v) is 6.03. The van der Waals surface area contributed by atoms with Gasteiger partial charge in [-0.15, -0.1) is 11.8 Å². The molecule has 0 radical (unpaired) electrons. The first-order chi connectivity index (χ1) is 16.3. The van der Waals surface area contributed by atoms with Crippen LogP contribution in [-0.2, 0) is 19.3 Å². The Kier molecular flexibility index (Phi) is 5.62. The van der Waals surface area contributed by atoms with Gasteiger partial charge in [0.15, 0.2) is 0 Å². The third-order valence-electron chi connectivity index (χ3n) is 6.22. The lowest BCUT2D eigenvalue weighted by molar-refractivity contribution is -0.124. The van der Waals surface area contributed by atoms with Crippen molar-refractivity contribution in [3.05, 3.63) is 88.4 Å². The number of para-hydroxylation sites is 1. The van der Waals surface area contributed by atoms with Crippen LogP contribution < -0.4 is 15.1 Å². The van der Waals surface area contributed by atoms with E-state index in [0.29, 0.717) is 27.6 Å². The summed E-state index contributed by atoms with van der Waals surface area (Å²) >= 11 is 7.47. The highest BCUT2D eigenvalue weighted by molar-refractivity contribution is 8.02. The third-order valence-corrected chi connectivity index (χ3v) is 7.84. The van der Waals surface area contributed by atoms with Crippen molar-refractivity contribution in [2.45, 2.75) is 18.7 Å². The molecule has 3 aromatic carbocycles. The van der Waals surface area contributed by atoms with Gasteiger partial charge in [-0.2, -0.15) is 0 Å². The van der Waals surface area contributed by atoms with Crippen molar-refractivity contribution >= 4 is 58.1 Å². The zero-order valence-corrected chi connectivity index (χ0v) is 20.2. The smallest absolute Gasteiger partial charge is 0.269 e. The van der Waals surface area contributed by atoms with Gasteiger partial charge in [0.05, 0.1) is 11.4 Å². The Morgan fingerprint density at radius 1 is 1.03 bits per heavy atom. The zero-order chi connectivity index (χ0) is 24.0. The lowest BCUT2D eigenvalue weighted by atomic mass is 10.0. The average molecular weight is 492 g/mol. The van der Waals surface area contributed by atoms with Crippen molar-refractivity contribution in [3.8, 4) is 0 Å². The molecular weight excluding hydrogens is 470 g/mol. The van der Waals surface area contributed by atoms with Crippen LogP contribution in [0.2, 0.25) is 5.02 Å². The number of hydrogen-bond donors (Lipinski definition) is 1. The summed E-state index contributed by atoms with van der Waals surface area (Å²) in [6.07, 6.45) is 0. The van der Waals surface area contributed by atoms with Crippen molar-refractivity contribution in [2.24, 2.45) is 0 Å². The Labute approximate surface area is 206 Å². The monoisotopic (exact) mass is 491 g/mol. The molecular formula is C26H22ClN3O3S. The molecule has 2 heterocycles. The average Bonchev–Trinajstić information content (AvgIpc) is 3.27. The standard InChI is InChI=1S/C26H22ClN3O3S/c1-16-10-11-19(12-17(16)2)28-23(31)14-29-22-9-4-3-8-21(22)26(25(29)33)30(24(32)15-34-26)20-7-5-6-18(27)13-20/h3-13H,14-15H2,1-2H3,(H,28,31)/t26-/m0/s1. The maximum absolute atomic E-state index is 14.0. The maximum Gasteiger partial charge on any atom is 0.269 e. The van der Waals surface area contributed by atoms with Gasteiger partial charge in [0.1, 0.15) is 6.54 Å². The third kappa shape index (κ3) is 3.56. The van der Waals surface area contributed by atoms with E-state index in [9.17, 15) is 14.4 Å². The molecule has 8 heteroatoms. The number of benzene rings is 3. The second kappa shape index (κ2) is 8.49. The van der Waals surface area contributed by atoms with Crippen molar-refractivity contribution in [1.82, 2.24) is 0 Å². The van der Waals surface area contributed by atoms with Crippen LogP contribution in [-0.4, -0.2) is 30.0 Å². The van der Waals surface area contributed by atoms with Crippen molar-refractivity contribution in [2.75, 3.05) is 27.4 Å². The molecule has 1 fully saturated rings. The Hall–Kier alpha value is -3.29. The highest BCUT2D eigenvalue weighted by Crippen LogP contribution is 2.55. The predicted molar refractivity (Wildman–Crippen MR) is 136 cm³/mol. The molecule has 0 bridgehead atoms. The fraction of sp³-hybridized carbons (Fsp3) is 0.192. The molecule has 2 aliphatic heterocycles. The first-order valence-electron chi connectivity index (χ1n) is 10.8. The summed E-state index contributed by atoms with van der Waals surface area (Å²) < 4.78 is 0. The number of nitrogens with one attached hydrogen (secondary N) is 1.